The first-order valence-corrected chi connectivity index (χ1v) is 12.7. The molecule has 2 rings (SSSR count). The zero-order chi connectivity index (χ0) is 22.7. The molecule has 0 saturated heterocycles. The first-order chi connectivity index (χ1) is 13.9. The highest BCUT2D eigenvalue weighted by Gasteiger charge is 2.41. The fourth-order valence-electron chi connectivity index (χ4n) is 3.25. The molecule has 30 heavy (non-hydrogen) atoms. The van der Waals surface area contributed by atoms with Gasteiger partial charge in [-0.15, -0.1) is 0 Å². The molecular formula is C20H27N2O6PS. The maximum atomic E-state index is 13.3. The maximum Gasteiger partial charge on any atom is 0.311 e. The second-order valence-electron chi connectivity index (χ2n) is 7.51. The van der Waals surface area contributed by atoms with Gasteiger partial charge in [-0.1, -0.05) is 44.2 Å². The van der Waals surface area contributed by atoms with E-state index in [0.29, 0.717) is 16.8 Å². The van der Waals surface area contributed by atoms with E-state index in [1.54, 1.807) is 57.2 Å². The third-order valence-corrected chi connectivity index (χ3v) is 9.05. The normalized spacial score (nSPS) is 16.0. The van der Waals surface area contributed by atoms with Gasteiger partial charge in [-0.3, -0.25) is 9.36 Å². The van der Waals surface area contributed by atoms with Gasteiger partial charge >= 0.3 is 5.97 Å². The molecule has 0 aliphatic rings. The Labute approximate surface area is 176 Å². The Morgan fingerprint density at radius 3 is 2.27 bits per heavy atom. The molecule has 0 radical (unpaired) electrons. The number of benzene rings is 2. The summed E-state index contributed by atoms with van der Waals surface area (Å²) in [7, 11) is -8.37. The summed E-state index contributed by atoms with van der Waals surface area (Å²) >= 11 is 0. The molecule has 0 aliphatic heterocycles. The second kappa shape index (κ2) is 9.31. The summed E-state index contributed by atoms with van der Waals surface area (Å²) in [5, 5.41) is 9.72. The maximum absolute atomic E-state index is 13.3. The molecule has 8 nitrogen and oxygen atoms in total. The number of hydrogen-bond acceptors (Lipinski definition) is 5. The monoisotopic (exact) mass is 454 g/mol. The van der Waals surface area contributed by atoms with Crippen molar-refractivity contribution in [3.8, 4) is 0 Å². The Balaban J connectivity index is 2.40. The topological polar surface area (TPSA) is 147 Å². The van der Waals surface area contributed by atoms with Crippen LogP contribution in [-0.2, 0) is 19.4 Å². The van der Waals surface area contributed by atoms with E-state index in [-0.39, 0.29) is 4.90 Å². The SMILES string of the molecule is Cc1c(N)cccc1C(CP(=O)(O)C(NS(=O)(=O)c1ccccc1)C(C)C)C(=O)O. The van der Waals surface area contributed by atoms with Crippen LogP contribution in [0.4, 0.5) is 5.69 Å². The van der Waals surface area contributed by atoms with Crippen molar-refractivity contribution in [3.63, 3.8) is 0 Å². The molecule has 10 heteroatoms. The van der Waals surface area contributed by atoms with E-state index >= 15 is 0 Å². The first kappa shape index (κ1) is 24.1. The molecule has 3 atom stereocenters. The number of rotatable bonds is 9. The molecule has 0 heterocycles. The smallest absolute Gasteiger partial charge is 0.311 e. The van der Waals surface area contributed by atoms with Crippen LogP contribution in [0.25, 0.3) is 0 Å². The molecular weight excluding hydrogens is 427 g/mol. The van der Waals surface area contributed by atoms with Gasteiger partial charge in [-0.05, 0) is 42.2 Å². The average molecular weight is 454 g/mol. The number of nitrogen functional groups attached to an aromatic ring is 1. The summed E-state index contributed by atoms with van der Waals surface area (Å²) in [4.78, 5) is 22.7. The standard InChI is InChI=1S/C20H27N2O6PS/c1-13(2)19(22-30(27,28)15-8-5-4-6-9-15)29(25,26)12-17(20(23)24)16-10-7-11-18(21)14(16)3/h4-11,13,17,19,22H,12,21H2,1-3H3,(H,23,24)(H,25,26). The summed E-state index contributed by atoms with van der Waals surface area (Å²) in [5.74, 6) is -4.51. The fourth-order valence-corrected chi connectivity index (χ4v) is 7.60. The van der Waals surface area contributed by atoms with Crippen LogP contribution in [0.3, 0.4) is 0 Å². The van der Waals surface area contributed by atoms with Crippen molar-refractivity contribution in [2.75, 3.05) is 11.9 Å². The van der Waals surface area contributed by atoms with Gasteiger partial charge in [0.1, 0.15) is 5.78 Å². The number of nitrogens with one attached hydrogen (secondary N) is 1. The van der Waals surface area contributed by atoms with Crippen molar-refractivity contribution in [2.24, 2.45) is 5.92 Å². The quantitative estimate of drug-likeness (QED) is 0.336. The molecule has 5 N–H and O–H groups in total. The van der Waals surface area contributed by atoms with Crippen LogP contribution in [-0.4, -0.2) is 36.3 Å². The zero-order valence-corrected chi connectivity index (χ0v) is 18.7. The van der Waals surface area contributed by atoms with Gasteiger partial charge in [-0.25, -0.2) is 8.42 Å². The van der Waals surface area contributed by atoms with E-state index < -0.39 is 47.1 Å². The molecule has 2 aromatic rings. The Bertz CT molecular complexity index is 1060. The van der Waals surface area contributed by atoms with Gasteiger partial charge in [0.25, 0.3) is 0 Å². The summed E-state index contributed by atoms with van der Waals surface area (Å²) in [5.41, 5.74) is 7.07. The molecule has 0 saturated carbocycles. The van der Waals surface area contributed by atoms with Crippen LogP contribution < -0.4 is 10.5 Å². The number of aliphatic carboxylic acids is 1. The van der Waals surface area contributed by atoms with Crippen LogP contribution in [0.5, 0.6) is 0 Å². The number of sulfonamides is 1. The van der Waals surface area contributed by atoms with Gasteiger partial charge in [0.2, 0.25) is 17.4 Å². The number of nitrogens with two attached hydrogens (primary N) is 1. The highest BCUT2D eigenvalue weighted by atomic mass is 32.2. The first-order valence-electron chi connectivity index (χ1n) is 9.33. The van der Waals surface area contributed by atoms with Crippen LogP contribution in [0.1, 0.15) is 30.9 Å². The third-order valence-electron chi connectivity index (χ3n) is 4.93. The van der Waals surface area contributed by atoms with Gasteiger partial charge in [0.05, 0.1) is 10.8 Å². The third kappa shape index (κ3) is 5.49. The molecule has 0 amide bonds. The van der Waals surface area contributed by atoms with E-state index in [4.69, 9.17) is 5.73 Å². The summed E-state index contributed by atoms with van der Waals surface area (Å²) in [6, 6.07) is 12.2. The number of carboxylic acids is 1. The average Bonchev–Trinajstić information content (AvgIpc) is 2.67. The van der Waals surface area contributed by atoms with E-state index in [0.717, 1.165) is 0 Å². The molecule has 164 valence electrons. The molecule has 3 unspecified atom stereocenters. The Kier molecular flexibility index (Phi) is 7.47. The number of anilines is 1. The van der Waals surface area contributed by atoms with Gasteiger partial charge < -0.3 is 15.7 Å². The van der Waals surface area contributed by atoms with Crippen molar-refractivity contribution in [1.29, 1.82) is 0 Å². The zero-order valence-electron chi connectivity index (χ0n) is 17.0. The molecule has 0 aliphatic carbocycles. The minimum Gasteiger partial charge on any atom is -0.481 e. The van der Waals surface area contributed by atoms with Crippen molar-refractivity contribution in [1.82, 2.24) is 4.72 Å². The minimum absolute atomic E-state index is 0.0443. The van der Waals surface area contributed by atoms with Crippen molar-refractivity contribution in [2.45, 2.75) is 37.4 Å². The van der Waals surface area contributed by atoms with E-state index in [9.17, 15) is 27.8 Å². The molecule has 0 spiro atoms. The lowest BCUT2D eigenvalue weighted by atomic mass is 9.95. The molecule has 2 aromatic carbocycles. The predicted molar refractivity (Wildman–Crippen MR) is 116 cm³/mol. The lowest BCUT2D eigenvalue weighted by Gasteiger charge is -2.29. The molecule has 0 fully saturated rings. The Hall–Kier alpha value is -2.19. The number of carbonyl (C=O) groups is 1. The van der Waals surface area contributed by atoms with E-state index in [2.05, 4.69) is 4.72 Å². The van der Waals surface area contributed by atoms with Crippen molar-refractivity contribution in [3.05, 3.63) is 59.7 Å². The van der Waals surface area contributed by atoms with Crippen LogP contribution >= 0.6 is 7.37 Å². The minimum atomic E-state index is -4.30. The van der Waals surface area contributed by atoms with Crippen LogP contribution in [0.15, 0.2) is 53.4 Å². The van der Waals surface area contributed by atoms with Crippen LogP contribution in [0.2, 0.25) is 0 Å². The van der Waals surface area contributed by atoms with Gasteiger partial charge in [-0.2, -0.15) is 4.72 Å². The molecule has 0 bridgehead atoms. The molecule has 0 aromatic heterocycles. The lowest BCUT2D eigenvalue weighted by molar-refractivity contribution is -0.138. The summed E-state index contributed by atoms with van der Waals surface area (Å²) < 4.78 is 41.0. The predicted octanol–water partition coefficient (Wildman–Crippen LogP) is 2.98. The highest BCUT2D eigenvalue weighted by Crippen LogP contribution is 2.52. The van der Waals surface area contributed by atoms with E-state index in [1.807, 2.05) is 0 Å². The summed E-state index contributed by atoms with van der Waals surface area (Å²) in [6.07, 6.45) is -0.632. The lowest BCUT2D eigenvalue weighted by Crippen LogP contribution is -2.39. The highest BCUT2D eigenvalue weighted by molar-refractivity contribution is 7.90. The number of hydrogen-bond donors (Lipinski definition) is 4. The van der Waals surface area contributed by atoms with Gasteiger partial charge in [0.15, 0.2) is 0 Å². The van der Waals surface area contributed by atoms with Gasteiger partial charge in [0, 0.05) is 11.8 Å². The Morgan fingerprint density at radius 1 is 1.13 bits per heavy atom. The largest absolute Gasteiger partial charge is 0.481 e. The van der Waals surface area contributed by atoms with Crippen LogP contribution in [0, 0.1) is 12.8 Å². The van der Waals surface area contributed by atoms with Crippen molar-refractivity contribution < 1.29 is 27.8 Å². The second-order valence-corrected chi connectivity index (χ2v) is 11.7. The van der Waals surface area contributed by atoms with E-state index in [1.165, 1.54) is 12.1 Å². The number of carboxylic acid groups (broad SMARTS) is 1. The fraction of sp³-hybridized carbons (Fsp3) is 0.350. The Morgan fingerprint density at radius 2 is 1.73 bits per heavy atom. The van der Waals surface area contributed by atoms with Crippen molar-refractivity contribution >= 4 is 29.0 Å². The summed E-state index contributed by atoms with van der Waals surface area (Å²) in [6.45, 7) is 4.84.